The number of nitrogens with two attached hydrogens (primary N) is 1. The summed E-state index contributed by atoms with van der Waals surface area (Å²) in [5, 5.41) is 8.99. The van der Waals surface area contributed by atoms with Gasteiger partial charge in [-0.1, -0.05) is 6.07 Å². The van der Waals surface area contributed by atoms with Gasteiger partial charge >= 0.3 is 0 Å². The van der Waals surface area contributed by atoms with E-state index in [0.29, 0.717) is 0 Å². The summed E-state index contributed by atoms with van der Waals surface area (Å²) >= 11 is 0. The monoisotopic (exact) mass is 195 g/mol. The molecule has 0 saturated heterocycles. The van der Waals surface area contributed by atoms with Crippen LogP contribution in [0.3, 0.4) is 0 Å². The molecule has 0 radical (unpaired) electrons. The van der Waals surface area contributed by atoms with Crippen LogP contribution >= 0.6 is 0 Å². The van der Waals surface area contributed by atoms with Crippen LogP contribution in [-0.4, -0.2) is 18.8 Å². The third-order valence-electron chi connectivity index (χ3n) is 2.44. The van der Waals surface area contributed by atoms with Crippen molar-refractivity contribution in [3.63, 3.8) is 0 Å². The summed E-state index contributed by atoms with van der Waals surface area (Å²) in [4.78, 5) is 0. The van der Waals surface area contributed by atoms with Gasteiger partial charge in [0.15, 0.2) is 0 Å². The minimum atomic E-state index is -0.371. The van der Waals surface area contributed by atoms with Crippen LogP contribution in [0.4, 0.5) is 0 Å². The molecule has 0 fully saturated rings. The Kier molecular flexibility index (Phi) is 3.49. The molecule has 1 atom stereocenters. The predicted molar refractivity (Wildman–Crippen MR) is 56.5 cm³/mol. The predicted octanol–water partition coefficient (Wildman–Crippen LogP) is 1.30. The smallest absolute Gasteiger partial charge is 0.123 e. The minimum absolute atomic E-state index is 0.0706. The number of aliphatic hydroxyl groups is 1. The zero-order valence-electron chi connectivity index (χ0n) is 8.87. The number of rotatable bonds is 3. The molecule has 78 valence electrons. The minimum Gasteiger partial charge on any atom is -0.496 e. The Morgan fingerprint density at radius 3 is 2.43 bits per heavy atom. The summed E-state index contributed by atoms with van der Waals surface area (Å²) in [6.07, 6.45) is 0. The highest BCUT2D eigenvalue weighted by Gasteiger charge is 2.12. The van der Waals surface area contributed by atoms with Crippen LogP contribution in [0.25, 0.3) is 0 Å². The Labute approximate surface area is 84.5 Å². The van der Waals surface area contributed by atoms with Crippen molar-refractivity contribution in [2.24, 2.45) is 5.73 Å². The maximum Gasteiger partial charge on any atom is 0.123 e. The number of ether oxygens (including phenoxy) is 1. The van der Waals surface area contributed by atoms with Gasteiger partial charge in [-0.3, -0.25) is 0 Å². The summed E-state index contributed by atoms with van der Waals surface area (Å²) < 4.78 is 5.21. The lowest BCUT2D eigenvalue weighted by Crippen LogP contribution is -2.15. The third-order valence-corrected chi connectivity index (χ3v) is 2.44. The molecule has 0 aliphatic heterocycles. The average Bonchev–Trinajstić information content (AvgIpc) is 2.20. The van der Waals surface area contributed by atoms with Crippen molar-refractivity contribution in [1.29, 1.82) is 0 Å². The van der Waals surface area contributed by atoms with E-state index in [9.17, 15) is 0 Å². The van der Waals surface area contributed by atoms with E-state index in [-0.39, 0.29) is 12.6 Å². The van der Waals surface area contributed by atoms with Crippen molar-refractivity contribution in [3.05, 3.63) is 28.8 Å². The molecule has 0 aliphatic carbocycles. The first kappa shape index (κ1) is 11.0. The zero-order chi connectivity index (χ0) is 10.7. The molecule has 0 amide bonds. The Bertz CT molecular complexity index is 323. The molecule has 0 heterocycles. The summed E-state index contributed by atoms with van der Waals surface area (Å²) in [5.74, 6) is 0.745. The molecule has 0 unspecified atom stereocenters. The number of hydrogen-bond acceptors (Lipinski definition) is 3. The van der Waals surface area contributed by atoms with Gasteiger partial charge in [0.25, 0.3) is 0 Å². The van der Waals surface area contributed by atoms with Gasteiger partial charge in [-0.05, 0) is 31.0 Å². The van der Waals surface area contributed by atoms with Crippen molar-refractivity contribution >= 4 is 0 Å². The summed E-state index contributed by atoms with van der Waals surface area (Å²) in [6.45, 7) is 3.97. The Hall–Kier alpha value is -1.06. The maximum atomic E-state index is 8.99. The molecule has 3 heteroatoms. The standard InChI is InChI=1S/C11H17NO2/c1-7-4-9(10(12)6-13)11(14-3)5-8(7)2/h4-5,10,13H,6,12H2,1-3H3/t10-/m1/s1. The second kappa shape index (κ2) is 4.44. The molecule has 0 saturated carbocycles. The van der Waals surface area contributed by atoms with Crippen molar-refractivity contribution in [2.75, 3.05) is 13.7 Å². The zero-order valence-corrected chi connectivity index (χ0v) is 8.87. The van der Waals surface area contributed by atoms with E-state index in [4.69, 9.17) is 15.6 Å². The second-order valence-corrected chi connectivity index (χ2v) is 3.47. The first-order chi connectivity index (χ1) is 6.60. The molecule has 1 aromatic carbocycles. The molecular formula is C11H17NO2. The maximum absolute atomic E-state index is 8.99. The highest BCUT2D eigenvalue weighted by atomic mass is 16.5. The molecule has 1 rings (SSSR count). The first-order valence-corrected chi connectivity index (χ1v) is 4.61. The largest absolute Gasteiger partial charge is 0.496 e. The Balaban J connectivity index is 3.19. The molecule has 1 aromatic rings. The van der Waals surface area contributed by atoms with Crippen LogP contribution in [0.1, 0.15) is 22.7 Å². The van der Waals surface area contributed by atoms with E-state index in [0.717, 1.165) is 22.4 Å². The van der Waals surface area contributed by atoms with Gasteiger partial charge in [-0.15, -0.1) is 0 Å². The van der Waals surface area contributed by atoms with E-state index >= 15 is 0 Å². The van der Waals surface area contributed by atoms with E-state index in [1.54, 1.807) is 7.11 Å². The second-order valence-electron chi connectivity index (χ2n) is 3.47. The Morgan fingerprint density at radius 2 is 1.93 bits per heavy atom. The molecule has 14 heavy (non-hydrogen) atoms. The van der Waals surface area contributed by atoms with Crippen LogP contribution in [0.5, 0.6) is 5.75 Å². The summed E-state index contributed by atoms with van der Waals surface area (Å²) in [7, 11) is 1.61. The van der Waals surface area contributed by atoms with E-state index in [1.165, 1.54) is 0 Å². The molecular weight excluding hydrogens is 178 g/mol. The van der Waals surface area contributed by atoms with Crippen LogP contribution < -0.4 is 10.5 Å². The number of methoxy groups -OCH3 is 1. The average molecular weight is 195 g/mol. The van der Waals surface area contributed by atoms with Gasteiger partial charge < -0.3 is 15.6 Å². The van der Waals surface area contributed by atoms with Crippen LogP contribution in [0.2, 0.25) is 0 Å². The molecule has 0 spiro atoms. The normalized spacial score (nSPS) is 12.6. The SMILES string of the molecule is COc1cc(C)c(C)cc1[C@H](N)CO. The van der Waals surface area contributed by atoms with Crippen molar-refractivity contribution in [2.45, 2.75) is 19.9 Å². The van der Waals surface area contributed by atoms with Crippen molar-refractivity contribution in [1.82, 2.24) is 0 Å². The quantitative estimate of drug-likeness (QED) is 0.764. The number of benzene rings is 1. The molecule has 0 bridgehead atoms. The van der Waals surface area contributed by atoms with Crippen LogP contribution in [-0.2, 0) is 0 Å². The lowest BCUT2D eigenvalue weighted by Gasteiger charge is -2.15. The van der Waals surface area contributed by atoms with Gasteiger partial charge in [0.2, 0.25) is 0 Å². The first-order valence-electron chi connectivity index (χ1n) is 4.61. The fraction of sp³-hybridized carbons (Fsp3) is 0.455. The van der Waals surface area contributed by atoms with Crippen molar-refractivity contribution in [3.8, 4) is 5.75 Å². The van der Waals surface area contributed by atoms with E-state index in [1.807, 2.05) is 26.0 Å². The van der Waals surface area contributed by atoms with Crippen LogP contribution in [0, 0.1) is 13.8 Å². The van der Waals surface area contributed by atoms with Crippen LogP contribution in [0.15, 0.2) is 12.1 Å². The van der Waals surface area contributed by atoms with Crippen molar-refractivity contribution < 1.29 is 9.84 Å². The summed E-state index contributed by atoms with van der Waals surface area (Å²) in [5.41, 5.74) is 8.94. The highest BCUT2D eigenvalue weighted by molar-refractivity contribution is 5.43. The third kappa shape index (κ3) is 2.05. The fourth-order valence-electron chi connectivity index (χ4n) is 1.38. The lowest BCUT2D eigenvalue weighted by molar-refractivity contribution is 0.264. The van der Waals surface area contributed by atoms with Gasteiger partial charge in [-0.2, -0.15) is 0 Å². The highest BCUT2D eigenvalue weighted by Crippen LogP contribution is 2.27. The van der Waals surface area contributed by atoms with Gasteiger partial charge in [-0.25, -0.2) is 0 Å². The topological polar surface area (TPSA) is 55.5 Å². The van der Waals surface area contributed by atoms with E-state index < -0.39 is 0 Å². The summed E-state index contributed by atoms with van der Waals surface area (Å²) in [6, 6.07) is 3.54. The number of hydrogen-bond donors (Lipinski definition) is 2. The van der Waals surface area contributed by atoms with Gasteiger partial charge in [0, 0.05) is 5.56 Å². The molecule has 0 aliphatic rings. The molecule has 0 aromatic heterocycles. The van der Waals surface area contributed by atoms with Gasteiger partial charge in [0.1, 0.15) is 5.75 Å². The van der Waals surface area contributed by atoms with Gasteiger partial charge in [0.05, 0.1) is 19.8 Å². The number of aliphatic hydroxyl groups excluding tert-OH is 1. The fourth-order valence-corrected chi connectivity index (χ4v) is 1.38. The molecule has 3 nitrogen and oxygen atoms in total. The lowest BCUT2D eigenvalue weighted by atomic mass is 10.0. The molecule has 3 N–H and O–H groups in total. The Morgan fingerprint density at radius 1 is 1.36 bits per heavy atom. The number of aryl methyl sites for hydroxylation is 2. The van der Waals surface area contributed by atoms with E-state index in [2.05, 4.69) is 0 Å².